The van der Waals surface area contributed by atoms with E-state index in [-0.39, 0.29) is 18.5 Å². The van der Waals surface area contributed by atoms with E-state index in [1.807, 2.05) is 18.2 Å². The fraction of sp³-hybridized carbons (Fsp3) is 0.562. The fourth-order valence-corrected chi connectivity index (χ4v) is 3.05. The number of halogens is 1. The number of para-hydroxylation sites is 1. The van der Waals surface area contributed by atoms with Gasteiger partial charge >= 0.3 is 6.09 Å². The lowest BCUT2D eigenvalue weighted by Crippen LogP contribution is -2.35. The molecule has 4 nitrogen and oxygen atoms in total. The molecule has 2 aliphatic rings. The van der Waals surface area contributed by atoms with Crippen LogP contribution in [0.2, 0.25) is 0 Å². The van der Waals surface area contributed by atoms with Crippen molar-refractivity contribution in [3.63, 3.8) is 0 Å². The topological polar surface area (TPSA) is 32.8 Å². The van der Waals surface area contributed by atoms with E-state index in [0.29, 0.717) is 6.61 Å². The third-order valence-corrected chi connectivity index (χ3v) is 4.19. The Balaban J connectivity index is 0.00000161. The molecular formula is C16H23ClN2O2. The van der Waals surface area contributed by atoms with Crippen LogP contribution in [0, 0.1) is 0 Å². The van der Waals surface area contributed by atoms with Crippen molar-refractivity contribution in [3.8, 4) is 0 Å². The van der Waals surface area contributed by atoms with Crippen LogP contribution >= 0.6 is 12.4 Å². The lowest BCUT2D eigenvalue weighted by atomic mass is 10.1. The highest BCUT2D eigenvalue weighted by Crippen LogP contribution is 2.27. The van der Waals surface area contributed by atoms with E-state index < -0.39 is 0 Å². The molecule has 2 heterocycles. The molecule has 1 saturated heterocycles. The summed E-state index contributed by atoms with van der Waals surface area (Å²) in [7, 11) is 0. The van der Waals surface area contributed by atoms with E-state index in [9.17, 15) is 4.79 Å². The minimum Gasteiger partial charge on any atom is -0.448 e. The van der Waals surface area contributed by atoms with Gasteiger partial charge < -0.3 is 4.74 Å². The normalized spacial score (nSPS) is 18.0. The van der Waals surface area contributed by atoms with E-state index >= 15 is 0 Å². The third-order valence-electron chi connectivity index (χ3n) is 4.19. The van der Waals surface area contributed by atoms with Crippen molar-refractivity contribution in [1.29, 1.82) is 0 Å². The first kappa shape index (κ1) is 16.1. The van der Waals surface area contributed by atoms with Crippen molar-refractivity contribution in [2.24, 2.45) is 0 Å². The summed E-state index contributed by atoms with van der Waals surface area (Å²) in [4.78, 5) is 16.3. The highest BCUT2D eigenvalue weighted by Gasteiger charge is 2.25. The molecule has 0 bridgehead atoms. The number of fused-ring (bicyclic) bond motifs is 1. The number of nitrogens with zero attached hydrogens (tertiary/aromatic N) is 2. The lowest BCUT2D eigenvalue weighted by molar-refractivity contribution is 0.126. The van der Waals surface area contributed by atoms with Crippen LogP contribution in [0.4, 0.5) is 10.5 Å². The minimum atomic E-state index is -0.202. The van der Waals surface area contributed by atoms with Gasteiger partial charge in [0.1, 0.15) is 6.61 Å². The van der Waals surface area contributed by atoms with Crippen molar-refractivity contribution in [2.75, 3.05) is 37.7 Å². The Morgan fingerprint density at radius 3 is 2.67 bits per heavy atom. The van der Waals surface area contributed by atoms with Crippen LogP contribution in [0.15, 0.2) is 24.3 Å². The number of anilines is 1. The zero-order valence-corrected chi connectivity index (χ0v) is 13.1. The maximum Gasteiger partial charge on any atom is 0.414 e. The molecule has 2 aliphatic heterocycles. The molecule has 0 unspecified atom stereocenters. The second-order valence-corrected chi connectivity index (χ2v) is 5.55. The molecule has 1 amide bonds. The van der Waals surface area contributed by atoms with Gasteiger partial charge in [-0.15, -0.1) is 12.4 Å². The van der Waals surface area contributed by atoms with Crippen LogP contribution in [0.1, 0.15) is 24.8 Å². The van der Waals surface area contributed by atoms with Crippen molar-refractivity contribution in [3.05, 3.63) is 29.8 Å². The number of carbonyl (C=O) groups is 1. The Hall–Kier alpha value is -1.26. The highest BCUT2D eigenvalue weighted by molar-refractivity contribution is 5.90. The minimum absolute atomic E-state index is 0. The molecule has 0 N–H and O–H groups in total. The van der Waals surface area contributed by atoms with Crippen LogP contribution < -0.4 is 4.90 Å². The number of hydrogen-bond donors (Lipinski definition) is 0. The van der Waals surface area contributed by atoms with Gasteiger partial charge in [0.2, 0.25) is 0 Å². The summed E-state index contributed by atoms with van der Waals surface area (Å²) in [6.07, 6.45) is 4.60. The first-order valence-electron chi connectivity index (χ1n) is 7.59. The first-order valence-corrected chi connectivity index (χ1v) is 7.59. The maximum atomic E-state index is 12.1. The number of rotatable bonds is 3. The second kappa shape index (κ2) is 7.66. The molecule has 1 fully saturated rings. The summed E-state index contributed by atoms with van der Waals surface area (Å²) in [5.41, 5.74) is 2.25. The van der Waals surface area contributed by atoms with E-state index in [4.69, 9.17) is 4.74 Å². The van der Waals surface area contributed by atoms with Crippen molar-refractivity contribution >= 4 is 24.2 Å². The highest BCUT2D eigenvalue weighted by atomic mass is 35.5. The van der Waals surface area contributed by atoms with Crippen molar-refractivity contribution in [1.82, 2.24) is 4.90 Å². The van der Waals surface area contributed by atoms with Crippen molar-refractivity contribution < 1.29 is 9.53 Å². The summed E-state index contributed by atoms with van der Waals surface area (Å²) in [5, 5.41) is 0. The Labute approximate surface area is 132 Å². The van der Waals surface area contributed by atoms with Gasteiger partial charge in [0, 0.05) is 13.1 Å². The molecule has 1 aromatic rings. The standard InChI is InChI=1S/C16H22N2O2.ClH/c19-16(20-13-12-17-9-4-1-5-10-17)18-11-8-14-6-2-3-7-15(14)18;/h2-3,6-7H,1,4-5,8-13H2;1H. The summed E-state index contributed by atoms with van der Waals surface area (Å²) >= 11 is 0. The molecule has 21 heavy (non-hydrogen) atoms. The maximum absolute atomic E-state index is 12.1. The monoisotopic (exact) mass is 310 g/mol. The zero-order valence-electron chi connectivity index (χ0n) is 12.3. The number of piperidine rings is 1. The Bertz CT molecular complexity index is 475. The van der Waals surface area contributed by atoms with Gasteiger partial charge in [0.25, 0.3) is 0 Å². The van der Waals surface area contributed by atoms with Gasteiger partial charge in [-0.1, -0.05) is 24.6 Å². The molecule has 3 rings (SSSR count). The van der Waals surface area contributed by atoms with Crippen LogP contribution in [0.25, 0.3) is 0 Å². The van der Waals surface area contributed by atoms with Crippen LogP contribution in [-0.4, -0.2) is 43.8 Å². The summed E-state index contributed by atoms with van der Waals surface area (Å²) < 4.78 is 5.43. The molecule has 0 aromatic heterocycles. The van der Waals surface area contributed by atoms with Crippen LogP contribution in [0.3, 0.4) is 0 Å². The van der Waals surface area contributed by atoms with Crippen LogP contribution in [0.5, 0.6) is 0 Å². The number of benzene rings is 1. The molecule has 5 heteroatoms. The van der Waals surface area contributed by atoms with Gasteiger partial charge in [-0.25, -0.2) is 4.79 Å². The average Bonchev–Trinajstić information content (AvgIpc) is 2.92. The molecule has 0 saturated carbocycles. The number of ether oxygens (including phenoxy) is 1. The van der Waals surface area contributed by atoms with E-state index in [1.54, 1.807) is 4.90 Å². The van der Waals surface area contributed by atoms with Gasteiger partial charge in [-0.2, -0.15) is 0 Å². The Kier molecular flexibility index (Phi) is 5.88. The first-order chi connectivity index (χ1) is 9.84. The van der Waals surface area contributed by atoms with Crippen LogP contribution in [-0.2, 0) is 11.2 Å². The number of amides is 1. The Morgan fingerprint density at radius 2 is 1.86 bits per heavy atom. The number of hydrogen-bond acceptors (Lipinski definition) is 3. The smallest absolute Gasteiger partial charge is 0.414 e. The molecular weight excluding hydrogens is 288 g/mol. The second-order valence-electron chi connectivity index (χ2n) is 5.55. The molecule has 0 atom stereocenters. The summed E-state index contributed by atoms with van der Waals surface area (Å²) in [6.45, 7) is 4.38. The summed E-state index contributed by atoms with van der Waals surface area (Å²) in [5.74, 6) is 0. The van der Waals surface area contributed by atoms with E-state index in [0.717, 1.165) is 38.3 Å². The number of likely N-dealkylation sites (tertiary alicyclic amines) is 1. The van der Waals surface area contributed by atoms with Gasteiger partial charge in [-0.3, -0.25) is 9.80 Å². The molecule has 1 aromatic carbocycles. The quantitative estimate of drug-likeness (QED) is 0.860. The fourth-order valence-electron chi connectivity index (χ4n) is 3.05. The summed E-state index contributed by atoms with van der Waals surface area (Å²) in [6, 6.07) is 8.06. The Morgan fingerprint density at radius 1 is 1.10 bits per heavy atom. The largest absolute Gasteiger partial charge is 0.448 e. The van der Waals surface area contributed by atoms with Gasteiger partial charge in [0.05, 0.1) is 5.69 Å². The SMILES string of the molecule is Cl.O=C(OCCN1CCCCC1)N1CCc2ccccc21. The number of carbonyl (C=O) groups excluding carboxylic acids is 1. The average molecular weight is 311 g/mol. The molecule has 0 aliphatic carbocycles. The van der Waals surface area contributed by atoms with Crippen molar-refractivity contribution in [2.45, 2.75) is 25.7 Å². The predicted molar refractivity (Wildman–Crippen MR) is 86.4 cm³/mol. The van der Waals surface area contributed by atoms with Gasteiger partial charge in [-0.05, 0) is 44.0 Å². The van der Waals surface area contributed by atoms with Gasteiger partial charge in [0.15, 0.2) is 0 Å². The van der Waals surface area contributed by atoms with E-state index in [2.05, 4.69) is 11.0 Å². The predicted octanol–water partition coefficient (Wildman–Crippen LogP) is 3.09. The zero-order chi connectivity index (χ0) is 13.8. The lowest BCUT2D eigenvalue weighted by Gasteiger charge is -2.26. The van der Waals surface area contributed by atoms with E-state index in [1.165, 1.54) is 24.8 Å². The molecule has 0 radical (unpaired) electrons. The molecule has 0 spiro atoms. The third kappa shape index (κ3) is 3.89. The molecule has 116 valence electrons.